The lowest BCUT2D eigenvalue weighted by Crippen LogP contribution is -2.52. The van der Waals surface area contributed by atoms with E-state index in [2.05, 4.69) is 41.0 Å². The van der Waals surface area contributed by atoms with Crippen molar-refractivity contribution in [3.63, 3.8) is 0 Å². The Bertz CT molecular complexity index is 1030. The molecule has 1 aromatic carbocycles. The number of anilines is 1. The molecule has 8 nitrogen and oxygen atoms in total. The molecule has 1 aromatic heterocycles. The molecule has 1 atom stereocenters. The lowest BCUT2D eigenvalue weighted by molar-refractivity contribution is 0.0685. The van der Waals surface area contributed by atoms with Crippen LogP contribution in [0, 0.1) is 6.92 Å². The molecule has 1 aliphatic heterocycles. The van der Waals surface area contributed by atoms with Crippen molar-refractivity contribution >= 4 is 11.6 Å². The van der Waals surface area contributed by atoms with Crippen LogP contribution < -0.4 is 17.0 Å². The van der Waals surface area contributed by atoms with E-state index in [9.17, 15) is 14.4 Å². The van der Waals surface area contributed by atoms with Gasteiger partial charge in [0.2, 0.25) is 0 Å². The first-order chi connectivity index (χ1) is 13.7. The van der Waals surface area contributed by atoms with Gasteiger partial charge in [-0.25, -0.2) is 4.79 Å². The molecular weight excluding hydrogens is 370 g/mol. The van der Waals surface area contributed by atoms with Crippen molar-refractivity contribution in [3.05, 3.63) is 61.8 Å². The summed E-state index contributed by atoms with van der Waals surface area (Å²) in [6, 6.07) is 7.99. The number of aromatic nitrogens is 2. The number of hydrogen-bond acceptors (Lipinski definition) is 6. The summed E-state index contributed by atoms with van der Waals surface area (Å²) in [5, 5.41) is 0. The largest absolute Gasteiger partial charge is 0.384 e. The summed E-state index contributed by atoms with van der Waals surface area (Å²) < 4.78 is 2.07. The average molecular weight is 399 g/mol. The number of nitrogen functional groups attached to an aromatic ring is 1. The zero-order chi connectivity index (χ0) is 21.3. The van der Waals surface area contributed by atoms with Gasteiger partial charge in [-0.2, -0.15) is 0 Å². The SMILES string of the molecule is Cc1cccc(CN2CCN(C(C)C(=O)c3c(N)n(C)c(=O)n(C)c3=O)CC2)c1. The van der Waals surface area contributed by atoms with Gasteiger partial charge in [-0.1, -0.05) is 29.8 Å². The van der Waals surface area contributed by atoms with E-state index in [-0.39, 0.29) is 17.2 Å². The lowest BCUT2D eigenvalue weighted by atomic mass is 10.0. The molecule has 0 aliphatic carbocycles. The van der Waals surface area contributed by atoms with E-state index in [0.29, 0.717) is 0 Å². The van der Waals surface area contributed by atoms with E-state index in [1.807, 2.05) is 0 Å². The molecule has 0 saturated carbocycles. The minimum atomic E-state index is -0.638. The third-order valence-electron chi connectivity index (χ3n) is 5.78. The number of nitrogens with two attached hydrogens (primary N) is 1. The van der Waals surface area contributed by atoms with Gasteiger partial charge in [-0.15, -0.1) is 0 Å². The number of piperazine rings is 1. The Labute approximate surface area is 170 Å². The summed E-state index contributed by atoms with van der Waals surface area (Å²) in [4.78, 5) is 42.0. The van der Waals surface area contributed by atoms with Crippen molar-refractivity contribution in [1.29, 1.82) is 0 Å². The second-order valence-electron chi connectivity index (χ2n) is 7.81. The van der Waals surface area contributed by atoms with Crippen molar-refractivity contribution in [1.82, 2.24) is 18.9 Å². The van der Waals surface area contributed by atoms with Gasteiger partial charge in [0.25, 0.3) is 5.56 Å². The highest BCUT2D eigenvalue weighted by atomic mass is 16.2. The van der Waals surface area contributed by atoms with Crippen molar-refractivity contribution in [2.24, 2.45) is 14.1 Å². The highest BCUT2D eigenvalue weighted by Crippen LogP contribution is 2.15. The van der Waals surface area contributed by atoms with Crippen LogP contribution >= 0.6 is 0 Å². The summed E-state index contributed by atoms with van der Waals surface area (Å²) in [6.45, 7) is 7.90. The fraction of sp³-hybridized carbons (Fsp3) is 0.476. The summed E-state index contributed by atoms with van der Waals surface area (Å²) in [7, 11) is 2.82. The zero-order valence-corrected chi connectivity index (χ0v) is 17.5. The van der Waals surface area contributed by atoms with Gasteiger partial charge in [-0.05, 0) is 19.4 Å². The fourth-order valence-corrected chi connectivity index (χ4v) is 3.84. The number of hydrogen-bond donors (Lipinski definition) is 1. The van der Waals surface area contributed by atoms with Gasteiger partial charge >= 0.3 is 5.69 Å². The molecule has 2 heterocycles. The third-order valence-corrected chi connectivity index (χ3v) is 5.78. The standard InChI is InChI=1S/C21H29N5O3/c1-14-6-5-7-16(12-14)13-25-8-10-26(11-9-25)15(2)18(27)17-19(22)23(3)21(29)24(4)20(17)28/h5-7,12,15H,8-11,13,22H2,1-4H3. The molecule has 8 heteroatoms. The highest BCUT2D eigenvalue weighted by Gasteiger charge is 2.30. The van der Waals surface area contributed by atoms with E-state index >= 15 is 0 Å². The van der Waals surface area contributed by atoms with Crippen LogP contribution in [0.15, 0.2) is 33.9 Å². The summed E-state index contributed by atoms with van der Waals surface area (Å²) in [5.74, 6) is -0.418. The predicted molar refractivity (Wildman–Crippen MR) is 113 cm³/mol. The Morgan fingerprint density at radius 3 is 2.38 bits per heavy atom. The second-order valence-corrected chi connectivity index (χ2v) is 7.81. The van der Waals surface area contributed by atoms with Gasteiger partial charge in [0.15, 0.2) is 5.78 Å². The molecule has 156 valence electrons. The van der Waals surface area contributed by atoms with Crippen LogP contribution in [-0.4, -0.2) is 56.9 Å². The van der Waals surface area contributed by atoms with Gasteiger partial charge in [-0.3, -0.25) is 28.5 Å². The number of nitrogens with zero attached hydrogens (tertiary/aromatic N) is 4. The zero-order valence-electron chi connectivity index (χ0n) is 17.5. The number of benzene rings is 1. The number of aryl methyl sites for hydroxylation is 1. The van der Waals surface area contributed by atoms with Crippen LogP contribution in [0.4, 0.5) is 5.82 Å². The van der Waals surface area contributed by atoms with Crippen LogP contribution in [0.5, 0.6) is 0 Å². The Balaban J connectivity index is 1.70. The molecule has 1 saturated heterocycles. The normalized spacial score (nSPS) is 16.7. The van der Waals surface area contributed by atoms with Crippen LogP contribution in [0.3, 0.4) is 0 Å². The molecule has 0 amide bonds. The van der Waals surface area contributed by atoms with E-state index in [4.69, 9.17) is 5.73 Å². The first-order valence-corrected chi connectivity index (χ1v) is 9.82. The lowest BCUT2D eigenvalue weighted by Gasteiger charge is -2.37. The molecule has 0 radical (unpaired) electrons. The topological polar surface area (TPSA) is 93.6 Å². The predicted octanol–water partition coefficient (Wildman–Crippen LogP) is 0.364. The number of carbonyl (C=O) groups is 1. The molecule has 2 aromatic rings. The van der Waals surface area contributed by atoms with Crippen molar-refractivity contribution in [2.75, 3.05) is 31.9 Å². The van der Waals surface area contributed by atoms with Crippen molar-refractivity contribution in [2.45, 2.75) is 26.4 Å². The van der Waals surface area contributed by atoms with Crippen molar-refractivity contribution < 1.29 is 4.79 Å². The Hall–Kier alpha value is -2.71. The molecule has 2 N–H and O–H groups in total. The Morgan fingerprint density at radius 2 is 1.76 bits per heavy atom. The summed E-state index contributed by atoms with van der Waals surface area (Å²) >= 11 is 0. The number of carbonyl (C=O) groups excluding carboxylic acids is 1. The number of rotatable bonds is 5. The molecular formula is C21H29N5O3. The summed E-state index contributed by atoms with van der Waals surface area (Å²) in [6.07, 6.45) is 0. The molecule has 0 bridgehead atoms. The third kappa shape index (κ3) is 4.18. The molecule has 1 fully saturated rings. The molecule has 0 spiro atoms. The van der Waals surface area contributed by atoms with Crippen LogP contribution in [0.1, 0.15) is 28.4 Å². The first kappa shape index (κ1) is 21.0. The van der Waals surface area contributed by atoms with E-state index < -0.39 is 17.3 Å². The maximum absolute atomic E-state index is 13.0. The first-order valence-electron chi connectivity index (χ1n) is 9.82. The second kappa shape index (κ2) is 8.34. The molecule has 3 rings (SSSR count). The van der Waals surface area contributed by atoms with E-state index in [1.165, 1.54) is 25.2 Å². The monoisotopic (exact) mass is 399 g/mol. The smallest absolute Gasteiger partial charge is 0.332 e. The number of ketones is 1. The van der Waals surface area contributed by atoms with Crippen LogP contribution in [0.25, 0.3) is 0 Å². The van der Waals surface area contributed by atoms with Crippen LogP contribution in [-0.2, 0) is 20.6 Å². The maximum atomic E-state index is 13.0. The Morgan fingerprint density at radius 1 is 1.10 bits per heavy atom. The van der Waals surface area contributed by atoms with Gasteiger partial charge in [0, 0.05) is 46.8 Å². The van der Waals surface area contributed by atoms with Crippen LogP contribution in [0.2, 0.25) is 0 Å². The minimum Gasteiger partial charge on any atom is -0.384 e. The molecule has 29 heavy (non-hydrogen) atoms. The quantitative estimate of drug-likeness (QED) is 0.730. The maximum Gasteiger partial charge on any atom is 0.332 e. The molecule has 1 aliphatic rings. The van der Waals surface area contributed by atoms with Gasteiger partial charge in [0.1, 0.15) is 11.4 Å². The van der Waals surface area contributed by atoms with Gasteiger partial charge < -0.3 is 5.73 Å². The number of Topliss-reactive ketones (excluding diaryl/α,β-unsaturated/α-hetero) is 1. The Kier molecular flexibility index (Phi) is 6.04. The summed E-state index contributed by atoms with van der Waals surface area (Å²) in [5.41, 5.74) is 7.19. The molecule has 1 unspecified atom stereocenters. The van der Waals surface area contributed by atoms with Gasteiger partial charge in [0.05, 0.1) is 6.04 Å². The fourth-order valence-electron chi connectivity index (χ4n) is 3.84. The van der Waals surface area contributed by atoms with E-state index in [0.717, 1.165) is 41.9 Å². The minimum absolute atomic E-state index is 0.0759. The van der Waals surface area contributed by atoms with E-state index in [1.54, 1.807) is 6.92 Å². The average Bonchev–Trinajstić information content (AvgIpc) is 2.71. The van der Waals surface area contributed by atoms with Crippen molar-refractivity contribution in [3.8, 4) is 0 Å². The highest BCUT2D eigenvalue weighted by molar-refractivity contribution is 6.03.